The first-order chi connectivity index (χ1) is 15.4. The topological polar surface area (TPSA) is 91.0 Å². The van der Waals surface area contributed by atoms with Crippen molar-refractivity contribution in [3.05, 3.63) is 110 Å². The lowest BCUT2D eigenvalue weighted by atomic mass is 10.1. The quantitative estimate of drug-likeness (QED) is 0.215. The highest BCUT2D eigenvalue weighted by molar-refractivity contribution is 6.30. The Balaban J connectivity index is 1.52. The number of nitro benzene ring substituents is 1. The van der Waals surface area contributed by atoms with Crippen LogP contribution in [0, 0.1) is 17.0 Å². The van der Waals surface area contributed by atoms with Crippen molar-refractivity contribution in [1.82, 2.24) is 0 Å². The molecular weight excluding hydrogens is 432 g/mol. The first-order valence-corrected chi connectivity index (χ1v) is 10.0. The van der Waals surface area contributed by atoms with Gasteiger partial charge in [-0.05, 0) is 60.5 Å². The van der Waals surface area contributed by atoms with Crippen LogP contribution in [0.3, 0.4) is 0 Å². The zero-order valence-electron chi connectivity index (χ0n) is 16.9. The second-order valence-corrected chi connectivity index (χ2v) is 7.52. The first kappa shape index (κ1) is 21.3. The van der Waals surface area contributed by atoms with E-state index in [1.54, 1.807) is 31.2 Å². The molecule has 0 aromatic heterocycles. The number of esters is 1. The van der Waals surface area contributed by atoms with E-state index in [-0.39, 0.29) is 17.3 Å². The Labute approximate surface area is 188 Å². The molecule has 160 valence electrons. The average Bonchev–Trinajstić information content (AvgIpc) is 3.12. The Hall–Kier alpha value is -3.97. The lowest BCUT2D eigenvalue weighted by Crippen LogP contribution is -2.06. The standard InChI is InChI=1S/C24H17ClN2O5/c1-15-10-18(8-9-22(15)27(29)30)23-26-21(24(28)32-23)13-16-4-3-7-20(12-16)31-14-17-5-2-6-19(25)11-17/h2-13H,14H2,1H3/b21-13-. The van der Waals surface area contributed by atoms with Gasteiger partial charge in [-0.2, -0.15) is 0 Å². The zero-order valence-corrected chi connectivity index (χ0v) is 17.7. The largest absolute Gasteiger partial charge is 0.489 e. The van der Waals surface area contributed by atoms with Crippen molar-refractivity contribution in [2.45, 2.75) is 13.5 Å². The number of nitro groups is 1. The highest BCUT2D eigenvalue weighted by atomic mass is 35.5. The van der Waals surface area contributed by atoms with Gasteiger partial charge in [0, 0.05) is 22.2 Å². The minimum absolute atomic E-state index is 0.0102. The van der Waals surface area contributed by atoms with E-state index in [1.807, 2.05) is 36.4 Å². The molecule has 0 amide bonds. The second kappa shape index (κ2) is 9.03. The van der Waals surface area contributed by atoms with Gasteiger partial charge in [0.1, 0.15) is 12.4 Å². The van der Waals surface area contributed by atoms with Crippen LogP contribution in [0.4, 0.5) is 5.69 Å². The number of benzene rings is 3. The molecule has 0 aliphatic carbocycles. The maximum absolute atomic E-state index is 12.3. The van der Waals surface area contributed by atoms with Crippen LogP contribution in [0.15, 0.2) is 77.4 Å². The number of carbonyl (C=O) groups excluding carboxylic acids is 1. The molecule has 0 radical (unpaired) electrons. The van der Waals surface area contributed by atoms with E-state index in [4.69, 9.17) is 21.1 Å². The number of halogens is 1. The van der Waals surface area contributed by atoms with Gasteiger partial charge in [0.05, 0.1) is 4.92 Å². The average molecular weight is 449 g/mol. The van der Waals surface area contributed by atoms with Crippen molar-refractivity contribution in [3.63, 3.8) is 0 Å². The van der Waals surface area contributed by atoms with Gasteiger partial charge in [-0.15, -0.1) is 0 Å². The summed E-state index contributed by atoms with van der Waals surface area (Å²) in [7, 11) is 0. The van der Waals surface area contributed by atoms with Gasteiger partial charge < -0.3 is 9.47 Å². The van der Waals surface area contributed by atoms with Gasteiger partial charge in [0.2, 0.25) is 5.90 Å². The fraction of sp³-hybridized carbons (Fsp3) is 0.0833. The van der Waals surface area contributed by atoms with Gasteiger partial charge in [-0.25, -0.2) is 9.79 Å². The smallest absolute Gasteiger partial charge is 0.363 e. The molecule has 1 aliphatic rings. The third kappa shape index (κ3) is 4.84. The van der Waals surface area contributed by atoms with Gasteiger partial charge in [-0.3, -0.25) is 10.1 Å². The van der Waals surface area contributed by atoms with E-state index < -0.39 is 10.9 Å². The molecule has 7 nitrogen and oxygen atoms in total. The third-order valence-electron chi connectivity index (χ3n) is 4.72. The Kier molecular flexibility index (Phi) is 6.00. The van der Waals surface area contributed by atoms with Gasteiger partial charge >= 0.3 is 5.97 Å². The molecule has 0 bridgehead atoms. The number of rotatable bonds is 6. The van der Waals surface area contributed by atoms with E-state index in [1.165, 1.54) is 12.1 Å². The lowest BCUT2D eigenvalue weighted by molar-refractivity contribution is -0.385. The van der Waals surface area contributed by atoms with Crippen LogP contribution >= 0.6 is 11.6 Å². The van der Waals surface area contributed by atoms with Crippen molar-refractivity contribution in [1.29, 1.82) is 0 Å². The number of nitrogens with zero attached hydrogens (tertiary/aromatic N) is 2. The van der Waals surface area contributed by atoms with Crippen molar-refractivity contribution in [2.75, 3.05) is 0 Å². The van der Waals surface area contributed by atoms with Crippen molar-refractivity contribution in [3.8, 4) is 5.75 Å². The van der Waals surface area contributed by atoms with E-state index in [9.17, 15) is 14.9 Å². The highest BCUT2D eigenvalue weighted by Gasteiger charge is 2.25. The minimum Gasteiger partial charge on any atom is -0.489 e. The number of aryl methyl sites for hydroxylation is 1. The summed E-state index contributed by atoms with van der Waals surface area (Å²) in [6, 6.07) is 19.1. The molecule has 0 fully saturated rings. The maximum atomic E-state index is 12.3. The molecule has 32 heavy (non-hydrogen) atoms. The molecule has 3 aromatic rings. The van der Waals surface area contributed by atoms with Crippen molar-refractivity contribution in [2.24, 2.45) is 4.99 Å². The molecular formula is C24H17ClN2O5. The molecule has 1 aliphatic heterocycles. The van der Waals surface area contributed by atoms with Crippen LogP contribution in [0.2, 0.25) is 5.02 Å². The number of ether oxygens (including phenoxy) is 2. The number of aliphatic imine (C=N–C) groups is 1. The van der Waals surface area contributed by atoms with Gasteiger partial charge in [-0.1, -0.05) is 35.9 Å². The van der Waals surface area contributed by atoms with Gasteiger partial charge in [0.15, 0.2) is 5.70 Å². The Bertz CT molecular complexity index is 1280. The van der Waals surface area contributed by atoms with Crippen LogP contribution in [0.25, 0.3) is 6.08 Å². The normalized spacial score (nSPS) is 14.2. The zero-order chi connectivity index (χ0) is 22.7. The third-order valence-corrected chi connectivity index (χ3v) is 4.95. The number of cyclic esters (lactones) is 1. The number of hydrogen-bond acceptors (Lipinski definition) is 6. The number of hydrogen-bond donors (Lipinski definition) is 0. The Morgan fingerprint density at radius 1 is 1.12 bits per heavy atom. The molecule has 0 unspecified atom stereocenters. The summed E-state index contributed by atoms with van der Waals surface area (Å²) < 4.78 is 11.1. The first-order valence-electron chi connectivity index (χ1n) is 9.64. The molecule has 3 aromatic carbocycles. The van der Waals surface area contributed by atoms with Crippen LogP contribution in [-0.4, -0.2) is 16.8 Å². The molecule has 4 rings (SSSR count). The van der Waals surface area contributed by atoms with E-state index >= 15 is 0 Å². The molecule has 0 atom stereocenters. The summed E-state index contributed by atoms with van der Waals surface area (Å²) in [6.45, 7) is 1.97. The van der Waals surface area contributed by atoms with Gasteiger partial charge in [0.25, 0.3) is 5.69 Å². The fourth-order valence-corrected chi connectivity index (χ4v) is 3.38. The molecule has 0 saturated carbocycles. The number of carbonyl (C=O) groups is 1. The van der Waals surface area contributed by atoms with Crippen molar-refractivity contribution >= 4 is 35.2 Å². The van der Waals surface area contributed by atoms with Crippen LogP contribution in [0.1, 0.15) is 22.3 Å². The summed E-state index contributed by atoms with van der Waals surface area (Å²) in [5, 5.41) is 11.6. The Morgan fingerprint density at radius 2 is 1.94 bits per heavy atom. The summed E-state index contributed by atoms with van der Waals surface area (Å²) in [6.07, 6.45) is 1.60. The second-order valence-electron chi connectivity index (χ2n) is 7.09. The van der Waals surface area contributed by atoms with E-state index in [0.717, 1.165) is 5.56 Å². The highest BCUT2D eigenvalue weighted by Crippen LogP contribution is 2.25. The monoisotopic (exact) mass is 448 g/mol. The fourth-order valence-electron chi connectivity index (χ4n) is 3.17. The summed E-state index contributed by atoms with van der Waals surface area (Å²) in [5.41, 5.74) is 2.71. The molecule has 0 N–H and O–H groups in total. The molecule has 1 heterocycles. The predicted molar refractivity (Wildman–Crippen MR) is 121 cm³/mol. The minimum atomic E-state index is -0.596. The molecule has 8 heteroatoms. The Morgan fingerprint density at radius 3 is 2.69 bits per heavy atom. The summed E-state index contributed by atoms with van der Waals surface area (Å²) >= 11 is 6.00. The van der Waals surface area contributed by atoms with Crippen LogP contribution < -0.4 is 4.74 Å². The summed E-state index contributed by atoms with van der Waals surface area (Å²) in [5.74, 6) is 0.134. The summed E-state index contributed by atoms with van der Waals surface area (Å²) in [4.78, 5) is 27.1. The SMILES string of the molecule is Cc1cc(C2=N/C(=C\c3cccc(OCc4cccc(Cl)c4)c3)C(=O)O2)ccc1[N+](=O)[O-]. The van der Waals surface area contributed by atoms with Crippen molar-refractivity contribution < 1.29 is 19.2 Å². The molecule has 0 spiro atoms. The van der Waals surface area contributed by atoms with E-state index in [2.05, 4.69) is 4.99 Å². The van der Waals surface area contributed by atoms with Crippen LogP contribution in [0.5, 0.6) is 5.75 Å². The maximum Gasteiger partial charge on any atom is 0.363 e. The van der Waals surface area contributed by atoms with E-state index in [0.29, 0.717) is 34.1 Å². The molecule has 0 saturated heterocycles. The lowest BCUT2D eigenvalue weighted by Gasteiger charge is -2.07. The predicted octanol–water partition coefficient (Wildman–Crippen LogP) is 5.48. The van der Waals surface area contributed by atoms with Crippen LogP contribution in [-0.2, 0) is 16.1 Å².